The second-order valence-electron chi connectivity index (χ2n) is 6.82. The van der Waals surface area contributed by atoms with Crippen molar-refractivity contribution < 1.29 is 13.6 Å². The van der Waals surface area contributed by atoms with Crippen LogP contribution in [0.3, 0.4) is 0 Å². The average Bonchev–Trinajstić information content (AvgIpc) is 3.08. The van der Waals surface area contributed by atoms with Gasteiger partial charge in [-0.25, -0.2) is 13.8 Å². The smallest absolute Gasteiger partial charge is 0.251 e. The van der Waals surface area contributed by atoms with E-state index in [2.05, 4.69) is 10.3 Å². The van der Waals surface area contributed by atoms with Gasteiger partial charge in [-0.2, -0.15) is 0 Å². The van der Waals surface area contributed by atoms with Crippen molar-refractivity contribution in [1.29, 1.82) is 0 Å². The summed E-state index contributed by atoms with van der Waals surface area (Å²) < 4.78 is 29.3. The third-order valence-electron chi connectivity index (χ3n) is 4.85. The Morgan fingerprint density at radius 2 is 1.77 bits per heavy atom. The van der Waals surface area contributed by atoms with Gasteiger partial charge in [-0.1, -0.05) is 29.8 Å². The molecule has 0 fully saturated rings. The summed E-state index contributed by atoms with van der Waals surface area (Å²) >= 11 is 6.22. The molecule has 0 radical (unpaired) electrons. The van der Waals surface area contributed by atoms with Crippen LogP contribution in [0.2, 0.25) is 5.02 Å². The highest BCUT2D eigenvalue weighted by Crippen LogP contribution is 2.24. The molecule has 1 heterocycles. The summed E-state index contributed by atoms with van der Waals surface area (Å²) in [7, 11) is 0. The molecule has 0 saturated carbocycles. The van der Waals surface area contributed by atoms with E-state index in [-0.39, 0.29) is 18.3 Å². The molecule has 30 heavy (non-hydrogen) atoms. The maximum atomic E-state index is 14.3. The molecule has 0 atom stereocenters. The molecule has 0 aliphatic heterocycles. The third-order valence-corrected chi connectivity index (χ3v) is 5.21. The number of benzene rings is 3. The molecule has 4 nitrogen and oxygen atoms in total. The number of para-hydroxylation sites is 2. The van der Waals surface area contributed by atoms with E-state index in [1.54, 1.807) is 12.1 Å². The van der Waals surface area contributed by atoms with Crippen molar-refractivity contribution in [2.75, 3.05) is 6.54 Å². The Morgan fingerprint density at radius 3 is 2.53 bits per heavy atom. The van der Waals surface area contributed by atoms with Crippen LogP contribution in [-0.4, -0.2) is 22.0 Å². The van der Waals surface area contributed by atoms with E-state index in [0.29, 0.717) is 34.9 Å². The number of aromatic nitrogens is 2. The van der Waals surface area contributed by atoms with Gasteiger partial charge in [0, 0.05) is 29.1 Å². The molecule has 152 valence electrons. The van der Waals surface area contributed by atoms with Gasteiger partial charge in [0.15, 0.2) is 0 Å². The van der Waals surface area contributed by atoms with Crippen molar-refractivity contribution in [2.45, 2.75) is 13.0 Å². The Kier molecular flexibility index (Phi) is 5.77. The number of nitrogens with zero attached hydrogens (tertiary/aromatic N) is 2. The summed E-state index contributed by atoms with van der Waals surface area (Å²) in [6, 6.07) is 17.5. The molecule has 0 aliphatic carbocycles. The maximum Gasteiger partial charge on any atom is 0.251 e. The number of rotatable bonds is 6. The van der Waals surface area contributed by atoms with Gasteiger partial charge in [-0.15, -0.1) is 0 Å². The second-order valence-corrected chi connectivity index (χ2v) is 7.22. The molecule has 4 aromatic rings. The molecule has 7 heteroatoms. The molecular formula is C23H18ClF2N3O. The Balaban J connectivity index is 1.56. The maximum absolute atomic E-state index is 14.3. The summed E-state index contributed by atoms with van der Waals surface area (Å²) in [5.41, 5.74) is 2.41. The van der Waals surface area contributed by atoms with Crippen LogP contribution >= 0.6 is 11.6 Å². The molecule has 1 aromatic heterocycles. The summed E-state index contributed by atoms with van der Waals surface area (Å²) in [5.74, 6) is -0.368. The van der Waals surface area contributed by atoms with Gasteiger partial charge in [0.05, 0.1) is 17.6 Å². The van der Waals surface area contributed by atoms with Gasteiger partial charge >= 0.3 is 0 Å². The van der Waals surface area contributed by atoms with Crippen molar-refractivity contribution in [3.63, 3.8) is 0 Å². The topological polar surface area (TPSA) is 46.9 Å². The van der Waals surface area contributed by atoms with Gasteiger partial charge in [0.1, 0.15) is 17.5 Å². The molecule has 0 aliphatic rings. The van der Waals surface area contributed by atoms with Crippen LogP contribution in [0.1, 0.15) is 21.7 Å². The van der Waals surface area contributed by atoms with Crippen molar-refractivity contribution in [3.05, 3.63) is 100 Å². The molecule has 1 amide bonds. The quantitative estimate of drug-likeness (QED) is 0.473. The SMILES string of the molecule is O=C(NCCc1nc2ccccc2n1Cc1c(F)cccc1Cl)c1ccc(F)cc1. The molecule has 0 spiro atoms. The van der Waals surface area contributed by atoms with E-state index in [9.17, 15) is 13.6 Å². The highest BCUT2D eigenvalue weighted by Gasteiger charge is 2.15. The minimum Gasteiger partial charge on any atom is -0.352 e. The highest BCUT2D eigenvalue weighted by atomic mass is 35.5. The largest absolute Gasteiger partial charge is 0.352 e. The Bertz CT molecular complexity index is 1180. The molecular weight excluding hydrogens is 408 g/mol. The number of amides is 1. The number of nitrogens with one attached hydrogen (secondary N) is 1. The summed E-state index contributed by atoms with van der Waals surface area (Å²) in [6.45, 7) is 0.553. The van der Waals surface area contributed by atoms with E-state index < -0.39 is 5.82 Å². The fourth-order valence-electron chi connectivity index (χ4n) is 3.33. The van der Waals surface area contributed by atoms with Crippen LogP contribution < -0.4 is 5.32 Å². The van der Waals surface area contributed by atoms with Crippen LogP contribution in [0, 0.1) is 11.6 Å². The van der Waals surface area contributed by atoms with Crippen LogP contribution in [0.4, 0.5) is 8.78 Å². The Morgan fingerprint density at radius 1 is 1.00 bits per heavy atom. The lowest BCUT2D eigenvalue weighted by Crippen LogP contribution is -2.26. The molecule has 0 unspecified atom stereocenters. The van der Waals surface area contributed by atoms with Gasteiger partial charge in [-0.05, 0) is 48.5 Å². The lowest BCUT2D eigenvalue weighted by atomic mass is 10.2. The van der Waals surface area contributed by atoms with Gasteiger partial charge in [0.2, 0.25) is 0 Å². The normalized spacial score (nSPS) is 11.0. The zero-order valence-corrected chi connectivity index (χ0v) is 16.7. The van der Waals surface area contributed by atoms with E-state index in [4.69, 9.17) is 11.6 Å². The number of carbonyl (C=O) groups is 1. The van der Waals surface area contributed by atoms with Gasteiger partial charge in [-0.3, -0.25) is 4.79 Å². The van der Waals surface area contributed by atoms with Crippen LogP contribution in [0.15, 0.2) is 66.7 Å². The zero-order chi connectivity index (χ0) is 21.1. The van der Waals surface area contributed by atoms with E-state index in [0.717, 1.165) is 11.0 Å². The summed E-state index contributed by atoms with van der Waals surface area (Å²) in [5, 5.41) is 3.16. The molecule has 1 N–H and O–H groups in total. The number of hydrogen-bond donors (Lipinski definition) is 1. The summed E-state index contributed by atoms with van der Waals surface area (Å²) in [6.07, 6.45) is 0.438. The van der Waals surface area contributed by atoms with E-state index in [1.807, 2.05) is 28.8 Å². The number of halogens is 3. The molecule has 0 bridgehead atoms. The first-order chi connectivity index (χ1) is 14.5. The van der Waals surface area contributed by atoms with Crippen molar-refractivity contribution >= 4 is 28.5 Å². The first-order valence-electron chi connectivity index (χ1n) is 9.44. The molecule has 4 rings (SSSR count). The second kappa shape index (κ2) is 8.63. The van der Waals surface area contributed by atoms with Gasteiger partial charge < -0.3 is 9.88 Å². The van der Waals surface area contributed by atoms with E-state index in [1.165, 1.54) is 30.3 Å². The van der Waals surface area contributed by atoms with E-state index >= 15 is 0 Å². The van der Waals surface area contributed by atoms with Crippen molar-refractivity contribution in [3.8, 4) is 0 Å². The monoisotopic (exact) mass is 425 g/mol. The lowest BCUT2D eigenvalue weighted by molar-refractivity contribution is 0.0954. The lowest BCUT2D eigenvalue weighted by Gasteiger charge is -2.12. The standard InChI is InChI=1S/C23H18ClF2N3O/c24-18-4-3-5-19(26)17(18)14-29-21-7-2-1-6-20(21)28-22(29)12-13-27-23(30)15-8-10-16(25)11-9-15/h1-11H,12-14H2,(H,27,30). The molecule has 3 aromatic carbocycles. The predicted molar refractivity (Wildman–Crippen MR) is 113 cm³/mol. The Labute approximate surface area is 177 Å². The van der Waals surface area contributed by atoms with Crippen LogP contribution in [0.25, 0.3) is 11.0 Å². The highest BCUT2D eigenvalue weighted by molar-refractivity contribution is 6.31. The first kappa shape index (κ1) is 20.0. The average molecular weight is 426 g/mol. The molecule has 0 saturated heterocycles. The third kappa shape index (κ3) is 4.19. The summed E-state index contributed by atoms with van der Waals surface area (Å²) in [4.78, 5) is 16.9. The minimum atomic E-state index is -0.396. The van der Waals surface area contributed by atoms with Crippen LogP contribution in [0.5, 0.6) is 0 Å². The van der Waals surface area contributed by atoms with Crippen molar-refractivity contribution in [1.82, 2.24) is 14.9 Å². The number of imidazole rings is 1. The minimum absolute atomic E-state index is 0.229. The number of fused-ring (bicyclic) bond motifs is 1. The number of hydrogen-bond acceptors (Lipinski definition) is 2. The fraction of sp³-hybridized carbons (Fsp3) is 0.130. The van der Waals surface area contributed by atoms with Crippen LogP contribution in [-0.2, 0) is 13.0 Å². The van der Waals surface area contributed by atoms with Crippen molar-refractivity contribution in [2.24, 2.45) is 0 Å². The zero-order valence-electron chi connectivity index (χ0n) is 15.9. The Hall–Kier alpha value is -3.25. The number of carbonyl (C=O) groups excluding carboxylic acids is 1. The predicted octanol–water partition coefficient (Wildman–Crippen LogP) is 4.99. The fourth-order valence-corrected chi connectivity index (χ4v) is 3.55. The van der Waals surface area contributed by atoms with Gasteiger partial charge in [0.25, 0.3) is 5.91 Å². The first-order valence-corrected chi connectivity index (χ1v) is 9.81.